The smallest absolute Gasteiger partial charge is 0.326 e. The summed E-state index contributed by atoms with van der Waals surface area (Å²) >= 11 is 2.21. The summed E-state index contributed by atoms with van der Waals surface area (Å²) in [6, 6.07) is 13.3. The standard InChI is InChI=1S/C19H18IN3O3/c1-12-9-14(20)7-8-15(12)22-18(24)11-26-19(25)10-23-13(2)21-16-5-3-4-6-17(16)23/h3-9H,10-11H2,1-2H3,(H,22,24). The van der Waals surface area contributed by atoms with Crippen LogP contribution in [0.1, 0.15) is 11.4 Å². The maximum absolute atomic E-state index is 12.1. The summed E-state index contributed by atoms with van der Waals surface area (Å²) in [4.78, 5) is 28.6. The first-order valence-corrected chi connectivity index (χ1v) is 9.15. The molecule has 0 bridgehead atoms. The summed E-state index contributed by atoms with van der Waals surface area (Å²) in [7, 11) is 0. The zero-order valence-electron chi connectivity index (χ0n) is 14.5. The number of nitrogens with zero attached hydrogens (tertiary/aromatic N) is 2. The van der Waals surface area contributed by atoms with Crippen LogP contribution in [-0.2, 0) is 20.9 Å². The lowest BCUT2D eigenvalue weighted by molar-refractivity contribution is -0.147. The van der Waals surface area contributed by atoms with Crippen LogP contribution in [0, 0.1) is 17.4 Å². The predicted molar refractivity (Wildman–Crippen MR) is 108 cm³/mol. The Balaban J connectivity index is 1.58. The van der Waals surface area contributed by atoms with Crippen molar-refractivity contribution < 1.29 is 14.3 Å². The Morgan fingerprint density at radius 3 is 2.73 bits per heavy atom. The van der Waals surface area contributed by atoms with Crippen molar-refractivity contribution in [2.75, 3.05) is 11.9 Å². The molecule has 3 rings (SSSR count). The highest BCUT2D eigenvalue weighted by atomic mass is 127. The van der Waals surface area contributed by atoms with E-state index in [0.717, 1.165) is 26.0 Å². The van der Waals surface area contributed by atoms with Crippen molar-refractivity contribution in [1.82, 2.24) is 9.55 Å². The van der Waals surface area contributed by atoms with Crippen molar-refractivity contribution in [2.24, 2.45) is 0 Å². The molecule has 0 spiro atoms. The maximum atomic E-state index is 12.1. The minimum atomic E-state index is -0.481. The number of imidazole rings is 1. The van der Waals surface area contributed by atoms with Gasteiger partial charge in [0.25, 0.3) is 5.91 Å². The van der Waals surface area contributed by atoms with Gasteiger partial charge < -0.3 is 14.6 Å². The minimum Gasteiger partial charge on any atom is -0.454 e. The van der Waals surface area contributed by atoms with E-state index >= 15 is 0 Å². The van der Waals surface area contributed by atoms with Crippen molar-refractivity contribution in [3.05, 3.63) is 57.4 Å². The SMILES string of the molecule is Cc1cc(I)ccc1NC(=O)COC(=O)Cn1c(C)nc2ccccc21. The Labute approximate surface area is 164 Å². The van der Waals surface area contributed by atoms with E-state index in [9.17, 15) is 9.59 Å². The van der Waals surface area contributed by atoms with Gasteiger partial charge in [0, 0.05) is 9.26 Å². The lowest BCUT2D eigenvalue weighted by Crippen LogP contribution is -2.23. The minimum absolute atomic E-state index is 0.0161. The van der Waals surface area contributed by atoms with Crippen LogP contribution in [0.2, 0.25) is 0 Å². The molecule has 1 heterocycles. The van der Waals surface area contributed by atoms with Gasteiger partial charge in [-0.3, -0.25) is 9.59 Å². The highest BCUT2D eigenvalue weighted by Crippen LogP contribution is 2.18. The quantitative estimate of drug-likeness (QED) is 0.465. The van der Waals surface area contributed by atoms with Gasteiger partial charge in [0.2, 0.25) is 0 Å². The third kappa shape index (κ3) is 4.21. The van der Waals surface area contributed by atoms with E-state index in [1.165, 1.54) is 0 Å². The van der Waals surface area contributed by atoms with Crippen molar-refractivity contribution in [1.29, 1.82) is 0 Å². The molecule has 7 heteroatoms. The van der Waals surface area contributed by atoms with Crippen LogP contribution < -0.4 is 5.32 Å². The van der Waals surface area contributed by atoms with Gasteiger partial charge in [0.1, 0.15) is 12.4 Å². The third-order valence-corrected chi connectivity index (χ3v) is 4.63. The highest BCUT2D eigenvalue weighted by Gasteiger charge is 2.13. The molecule has 0 saturated heterocycles. The van der Waals surface area contributed by atoms with Crippen LogP contribution in [0.15, 0.2) is 42.5 Å². The number of esters is 1. The van der Waals surface area contributed by atoms with E-state index < -0.39 is 5.97 Å². The molecule has 0 aliphatic rings. The number of aromatic nitrogens is 2. The lowest BCUT2D eigenvalue weighted by Gasteiger charge is -2.10. The van der Waals surface area contributed by atoms with Gasteiger partial charge in [-0.05, 0) is 72.3 Å². The number of hydrogen-bond donors (Lipinski definition) is 1. The number of carbonyl (C=O) groups is 2. The summed E-state index contributed by atoms with van der Waals surface area (Å²) < 4.78 is 7.98. The molecule has 1 amide bonds. The molecule has 6 nitrogen and oxygen atoms in total. The van der Waals surface area contributed by atoms with E-state index in [1.807, 2.05) is 56.3 Å². The molecule has 0 radical (unpaired) electrons. The summed E-state index contributed by atoms with van der Waals surface area (Å²) in [6.45, 7) is 3.44. The molecular formula is C19H18IN3O3. The number of ether oxygens (including phenoxy) is 1. The molecule has 0 fully saturated rings. The zero-order chi connectivity index (χ0) is 18.7. The second kappa shape index (κ2) is 7.86. The normalized spacial score (nSPS) is 10.7. The van der Waals surface area contributed by atoms with Crippen LogP contribution in [0.4, 0.5) is 5.69 Å². The summed E-state index contributed by atoms with van der Waals surface area (Å²) in [5.41, 5.74) is 3.35. The molecule has 26 heavy (non-hydrogen) atoms. The second-order valence-corrected chi connectivity index (χ2v) is 7.15. The van der Waals surface area contributed by atoms with Crippen molar-refractivity contribution >= 4 is 51.2 Å². The largest absolute Gasteiger partial charge is 0.454 e. The summed E-state index contributed by atoms with van der Waals surface area (Å²) in [5, 5.41) is 2.75. The predicted octanol–water partition coefficient (Wildman–Crippen LogP) is 3.44. The Bertz CT molecular complexity index is 981. The van der Waals surface area contributed by atoms with Crippen LogP contribution >= 0.6 is 22.6 Å². The van der Waals surface area contributed by atoms with Crippen LogP contribution in [0.25, 0.3) is 11.0 Å². The number of para-hydroxylation sites is 2. The third-order valence-electron chi connectivity index (χ3n) is 3.96. The van der Waals surface area contributed by atoms with E-state index in [1.54, 1.807) is 4.57 Å². The molecule has 0 aliphatic carbocycles. The Morgan fingerprint density at radius 2 is 1.96 bits per heavy atom. The van der Waals surface area contributed by atoms with Gasteiger partial charge in [-0.2, -0.15) is 0 Å². The number of benzene rings is 2. The molecule has 0 saturated carbocycles. The van der Waals surface area contributed by atoms with Crippen molar-refractivity contribution in [3.63, 3.8) is 0 Å². The lowest BCUT2D eigenvalue weighted by atomic mass is 10.2. The average Bonchev–Trinajstić information content (AvgIpc) is 2.91. The fourth-order valence-electron chi connectivity index (χ4n) is 2.67. The zero-order valence-corrected chi connectivity index (χ0v) is 16.6. The molecule has 1 N–H and O–H groups in total. The van der Waals surface area contributed by atoms with Crippen LogP contribution in [0.3, 0.4) is 0 Å². The molecule has 0 atom stereocenters. The number of amides is 1. The molecular weight excluding hydrogens is 445 g/mol. The summed E-state index contributed by atoms with van der Waals surface area (Å²) in [5.74, 6) is -0.122. The molecule has 0 aliphatic heterocycles. The number of fused-ring (bicyclic) bond motifs is 1. The average molecular weight is 463 g/mol. The van der Waals surface area contributed by atoms with Gasteiger partial charge >= 0.3 is 5.97 Å². The van der Waals surface area contributed by atoms with Gasteiger partial charge in [0.05, 0.1) is 11.0 Å². The van der Waals surface area contributed by atoms with Crippen LogP contribution in [0.5, 0.6) is 0 Å². The van der Waals surface area contributed by atoms with E-state index in [2.05, 4.69) is 32.9 Å². The van der Waals surface area contributed by atoms with E-state index in [-0.39, 0.29) is 19.1 Å². The van der Waals surface area contributed by atoms with E-state index in [0.29, 0.717) is 5.69 Å². The fourth-order valence-corrected chi connectivity index (χ4v) is 3.32. The van der Waals surface area contributed by atoms with Crippen molar-refractivity contribution in [3.8, 4) is 0 Å². The Kier molecular flexibility index (Phi) is 5.55. The van der Waals surface area contributed by atoms with Gasteiger partial charge in [0.15, 0.2) is 6.61 Å². The van der Waals surface area contributed by atoms with Gasteiger partial charge in [-0.15, -0.1) is 0 Å². The number of rotatable bonds is 5. The van der Waals surface area contributed by atoms with Gasteiger partial charge in [-0.25, -0.2) is 4.98 Å². The number of nitrogens with one attached hydrogen (secondary N) is 1. The number of anilines is 1. The molecule has 3 aromatic rings. The number of hydrogen-bond acceptors (Lipinski definition) is 4. The maximum Gasteiger partial charge on any atom is 0.326 e. The first kappa shape index (κ1) is 18.4. The molecule has 0 unspecified atom stereocenters. The molecule has 2 aromatic carbocycles. The Hall–Kier alpha value is -2.42. The highest BCUT2D eigenvalue weighted by molar-refractivity contribution is 14.1. The summed E-state index contributed by atoms with van der Waals surface area (Å²) in [6.07, 6.45) is 0. The first-order valence-electron chi connectivity index (χ1n) is 8.07. The van der Waals surface area contributed by atoms with Crippen LogP contribution in [-0.4, -0.2) is 28.0 Å². The second-order valence-electron chi connectivity index (χ2n) is 5.90. The fraction of sp³-hybridized carbons (Fsp3) is 0.211. The first-order chi connectivity index (χ1) is 12.4. The monoisotopic (exact) mass is 463 g/mol. The number of halogens is 1. The van der Waals surface area contributed by atoms with E-state index in [4.69, 9.17) is 4.74 Å². The van der Waals surface area contributed by atoms with Gasteiger partial charge in [-0.1, -0.05) is 12.1 Å². The van der Waals surface area contributed by atoms with Crippen molar-refractivity contribution in [2.45, 2.75) is 20.4 Å². The topological polar surface area (TPSA) is 73.2 Å². The molecule has 134 valence electrons. The number of aryl methyl sites for hydroxylation is 2. The number of carbonyl (C=O) groups excluding carboxylic acids is 2. The Morgan fingerprint density at radius 1 is 1.19 bits per heavy atom. The molecule has 1 aromatic heterocycles.